The van der Waals surface area contributed by atoms with Crippen molar-refractivity contribution < 1.29 is 4.79 Å². The quantitative estimate of drug-likeness (QED) is 0.803. The van der Waals surface area contributed by atoms with Gasteiger partial charge in [-0.1, -0.05) is 0 Å². The van der Waals surface area contributed by atoms with Crippen molar-refractivity contribution in [3.05, 3.63) is 18.7 Å². The Hall–Kier alpha value is -1.52. The van der Waals surface area contributed by atoms with Gasteiger partial charge in [0.15, 0.2) is 0 Å². The molecule has 0 saturated heterocycles. The zero-order valence-corrected chi connectivity index (χ0v) is 9.47. The minimum atomic E-state index is -0.0369. The summed E-state index contributed by atoms with van der Waals surface area (Å²) >= 11 is 0. The first kappa shape index (κ1) is 11.6. The summed E-state index contributed by atoms with van der Waals surface area (Å²) in [4.78, 5) is 17.1. The first-order valence-electron chi connectivity index (χ1n) is 5.10. The van der Waals surface area contributed by atoms with Crippen molar-refractivity contribution >= 4 is 6.03 Å². The minimum Gasteiger partial charge on any atom is -0.335 e. The van der Waals surface area contributed by atoms with Crippen molar-refractivity contribution in [2.24, 2.45) is 0 Å². The number of hydrogen-bond donors (Lipinski definition) is 1. The summed E-state index contributed by atoms with van der Waals surface area (Å²) in [5, 5.41) is 2.91. The normalized spacial score (nSPS) is 12.2. The van der Waals surface area contributed by atoms with Crippen LogP contribution in [-0.4, -0.2) is 40.1 Å². The van der Waals surface area contributed by atoms with Crippen molar-refractivity contribution in [2.75, 3.05) is 13.6 Å². The predicted molar refractivity (Wildman–Crippen MR) is 58.5 cm³/mol. The van der Waals surface area contributed by atoms with Gasteiger partial charge >= 0.3 is 6.03 Å². The number of nitrogens with zero attached hydrogens (tertiary/aromatic N) is 3. The molecule has 0 spiro atoms. The summed E-state index contributed by atoms with van der Waals surface area (Å²) in [5.74, 6) is 0. The van der Waals surface area contributed by atoms with E-state index < -0.39 is 0 Å². The molecule has 0 aliphatic rings. The van der Waals surface area contributed by atoms with Crippen LogP contribution in [0.2, 0.25) is 0 Å². The van der Waals surface area contributed by atoms with E-state index in [1.54, 1.807) is 24.5 Å². The molecule has 0 saturated carbocycles. The molecular weight excluding hydrogens is 192 g/mol. The van der Waals surface area contributed by atoms with E-state index in [1.807, 2.05) is 24.6 Å². The predicted octanol–water partition coefficient (Wildman–Crippen LogP) is 0.933. The number of urea groups is 1. The summed E-state index contributed by atoms with van der Waals surface area (Å²) in [5.41, 5.74) is 0. The monoisotopic (exact) mass is 210 g/mol. The fourth-order valence-electron chi connectivity index (χ4n) is 1.22. The van der Waals surface area contributed by atoms with Gasteiger partial charge in [0, 0.05) is 38.6 Å². The molecule has 1 aromatic rings. The van der Waals surface area contributed by atoms with Crippen LogP contribution in [-0.2, 0) is 6.54 Å². The number of amides is 2. The summed E-state index contributed by atoms with van der Waals surface area (Å²) in [6.45, 7) is 5.37. The van der Waals surface area contributed by atoms with E-state index in [-0.39, 0.29) is 12.1 Å². The van der Waals surface area contributed by atoms with Crippen molar-refractivity contribution in [2.45, 2.75) is 26.4 Å². The number of carbonyl (C=O) groups is 1. The molecule has 1 heterocycles. The molecule has 15 heavy (non-hydrogen) atoms. The lowest BCUT2D eigenvalue weighted by atomic mass is 10.3. The Morgan fingerprint density at radius 2 is 2.40 bits per heavy atom. The van der Waals surface area contributed by atoms with Gasteiger partial charge in [-0.05, 0) is 13.8 Å². The molecule has 0 aromatic carbocycles. The summed E-state index contributed by atoms with van der Waals surface area (Å²) < 4.78 is 1.94. The van der Waals surface area contributed by atoms with Crippen molar-refractivity contribution in [1.29, 1.82) is 0 Å². The standard InChI is InChI=1S/C10H18N4O/c1-4-13(3)10(15)12-9(2)7-14-6-5-11-8-14/h5-6,8-9H,4,7H2,1-3H3,(H,12,15). The number of imidazole rings is 1. The maximum atomic E-state index is 11.5. The van der Waals surface area contributed by atoms with E-state index in [2.05, 4.69) is 10.3 Å². The summed E-state index contributed by atoms with van der Waals surface area (Å²) in [6, 6.07) is 0.0609. The zero-order valence-electron chi connectivity index (χ0n) is 9.47. The smallest absolute Gasteiger partial charge is 0.317 e. The summed E-state index contributed by atoms with van der Waals surface area (Å²) in [6.07, 6.45) is 5.35. The third-order valence-electron chi connectivity index (χ3n) is 2.23. The zero-order chi connectivity index (χ0) is 11.3. The molecule has 5 heteroatoms. The van der Waals surface area contributed by atoms with Crippen LogP contribution in [0.3, 0.4) is 0 Å². The Bertz CT molecular complexity index is 296. The molecule has 1 aromatic heterocycles. The first-order chi connectivity index (χ1) is 7.13. The van der Waals surface area contributed by atoms with Gasteiger partial charge in [-0.25, -0.2) is 9.78 Å². The van der Waals surface area contributed by atoms with Gasteiger partial charge in [-0.15, -0.1) is 0 Å². The van der Waals surface area contributed by atoms with Gasteiger partial charge in [0.1, 0.15) is 0 Å². The lowest BCUT2D eigenvalue weighted by molar-refractivity contribution is 0.206. The lowest BCUT2D eigenvalue weighted by Crippen LogP contribution is -2.43. The van der Waals surface area contributed by atoms with Crippen LogP contribution in [0.25, 0.3) is 0 Å². The Morgan fingerprint density at radius 3 is 2.93 bits per heavy atom. The first-order valence-corrected chi connectivity index (χ1v) is 5.10. The third-order valence-corrected chi connectivity index (χ3v) is 2.23. The number of rotatable bonds is 4. The molecule has 0 aliphatic carbocycles. The van der Waals surface area contributed by atoms with Crippen molar-refractivity contribution in [3.8, 4) is 0 Å². The minimum absolute atomic E-state index is 0.0369. The molecule has 0 aliphatic heterocycles. The molecule has 0 fully saturated rings. The van der Waals surface area contributed by atoms with Crippen LogP contribution in [0, 0.1) is 0 Å². The summed E-state index contributed by atoms with van der Waals surface area (Å²) in [7, 11) is 1.78. The number of aromatic nitrogens is 2. The molecule has 5 nitrogen and oxygen atoms in total. The molecule has 1 rings (SSSR count). The molecular formula is C10H18N4O. The largest absolute Gasteiger partial charge is 0.335 e. The van der Waals surface area contributed by atoms with Gasteiger partial charge in [0.25, 0.3) is 0 Å². The van der Waals surface area contributed by atoms with Gasteiger partial charge in [-0.2, -0.15) is 0 Å². The second-order valence-electron chi connectivity index (χ2n) is 3.62. The van der Waals surface area contributed by atoms with Crippen LogP contribution >= 0.6 is 0 Å². The highest BCUT2D eigenvalue weighted by Crippen LogP contribution is 1.93. The second-order valence-corrected chi connectivity index (χ2v) is 3.62. The highest BCUT2D eigenvalue weighted by Gasteiger charge is 2.10. The van der Waals surface area contributed by atoms with E-state index >= 15 is 0 Å². The number of hydrogen-bond acceptors (Lipinski definition) is 2. The highest BCUT2D eigenvalue weighted by molar-refractivity contribution is 5.74. The Morgan fingerprint density at radius 1 is 1.67 bits per heavy atom. The van der Waals surface area contributed by atoms with Crippen LogP contribution in [0.1, 0.15) is 13.8 Å². The van der Waals surface area contributed by atoms with Crippen LogP contribution < -0.4 is 5.32 Å². The van der Waals surface area contributed by atoms with Crippen LogP contribution in [0.5, 0.6) is 0 Å². The fraction of sp³-hybridized carbons (Fsp3) is 0.600. The lowest BCUT2D eigenvalue weighted by Gasteiger charge is -2.20. The molecule has 2 amide bonds. The molecule has 84 valence electrons. The molecule has 1 unspecified atom stereocenters. The molecule has 0 bridgehead atoms. The fourth-order valence-corrected chi connectivity index (χ4v) is 1.22. The van der Waals surface area contributed by atoms with E-state index in [0.717, 1.165) is 6.54 Å². The number of carbonyl (C=O) groups excluding carboxylic acids is 1. The second kappa shape index (κ2) is 5.38. The van der Waals surface area contributed by atoms with Gasteiger partial charge in [-0.3, -0.25) is 0 Å². The average Bonchev–Trinajstić information content (AvgIpc) is 2.68. The van der Waals surface area contributed by atoms with Crippen molar-refractivity contribution in [1.82, 2.24) is 19.8 Å². The van der Waals surface area contributed by atoms with Gasteiger partial charge < -0.3 is 14.8 Å². The van der Waals surface area contributed by atoms with E-state index in [1.165, 1.54) is 0 Å². The van der Waals surface area contributed by atoms with Crippen molar-refractivity contribution in [3.63, 3.8) is 0 Å². The van der Waals surface area contributed by atoms with E-state index in [0.29, 0.717) is 6.54 Å². The average molecular weight is 210 g/mol. The van der Waals surface area contributed by atoms with Gasteiger partial charge in [0.2, 0.25) is 0 Å². The highest BCUT2D eigenvalue weighted by atomic mass is 16.2. The molecule has 0 radical (unpaired) electrons. The SMILES string of the molecule is CCN(C)C(=O)NC(C)Cn1ccnc1. The Balaban J connectivity index is 2.36. The van der Waals surface area contributed by atoms with E-state index in [9.17, 15) is 4.79 Å². The molecule has 1 N–H and O–H groups in total. The Labute approximate surface area is 90.1 Å². The van der Waals surface area contributed by atoms with Crippen LogP contribution in [0.15, 0.2) is 18.7 Å². The topological polar surface area (TPSA) is 50.2 Å². The van der Waals surface area contributed by atoms with Crippen LogP contribution in [0.4, 0.5) is 4.79 Å². The maximum Gasteiger partial charge on any atom is 0.317 e. The third kappa shape index (κ3) is 3.61. The van der Waals surface area contributed by atoms with Gasteiger partial charge in [0.05, 0.1) is 6.33 Å². The molecule has 1 atom stereocenters. The number of nitrogens with one attached hydrogen (secondary N) is 1. The van der Waals surface area contributed by atoms with E-state index in [4.69, 9.17) is 0 Å². The maximum absolute atomic E-state index is 11.5. The Kier molecular flexibility index (Phi) is 4.15.